The first-order valence-electron chi connectivity index (χ1n) is 9.92. The van der Waals surface area contributed by atoms with E-state index in [1.165, 1.54) is 31.9 Å². The van der Waals surface area contributed by atoms with Crippen LogP contribution in [0.3, 0.4) is 0 Å². The number of rotatable bonds is 10. The molecule has 8 heteroatoms. The molecule has 1 saturated carbocycles. The number of nitrogens with one attached hydrogen (secondary N) is 2. The highest BCUT2D eigenvalue weighted by molar-refractivity contribution is 14.0. The average molecular weight is 523 g/mol. The topological polar surface area (TPSA) is 79.8 Å². The molecule has 0 radical (unpaired) electrons. The molecule has 0 heterocycles. The quantitative estimate of drug-likeness (QED) is 0.213. The lowest BCUT2D eigenvalue weighted by Gasteiger charge is -2.12. The fraction of sp³-hybridized carbons (Fsp3) is 0.650. The van der Waals surface area contributed by atoms with Crippen molar-refractivity contribution in [2.75, 3.05) is 32.5 Å². The van der Waals surface area contributed by atoms with Gasteiger partial charge in [0.05, 0.1) is 11.0 Å². The summed E-state index contributed by atoms with van der Waals surface area (Å²) < 4.78 is 28.9. The fourth-order valence-electron chi connectivity index (χ4n) is 3.13. The van der Waals surface area contributed by atoms with E-state index in [-0.39, 0.29) is 24.0 Å². The van der Waals surface area contributed by atoms with Crippen LogP contribution in [0, 0.1) is 0 Å². The van der Waals surface area contributed by atoms with Gasteiger partial charge >= 0.3 is 0 Å². The van der Waals surface area contributed by atoms with Crippen LogP contribution in [0.25, 0.3) is 0 Å². The minimum absolute atomic E-state index is 0. The van der Waals surface area contributed by atoms with Crippen LogP contribution in [0.1, 0.15) is 44.6 Å². The zero-order chi connectivity index (χ0) is 19.5. The van der Waals surface area contributed by atoms with Gasteiger partial charge in [0, 0.05) is 32.5 Å². The maximum Gasteiger partial charge on any atom is 0.191 e. The van der Waals surface area contributed by atoms with Gasteiger partial charge in [0.2, 0.25) is 0 Å². The van der Waals surface area contributed by atoms with E-state index in [1.54, 1.807) is 12.1 Å². The van der Waals surface area contributed by atoms with Crippen LogP contribution >= 0.6 is 24.0 Å². The number of hydrogen-bond donors (Lipinski definition) is 2. The summed E-state index contributed by atoms with van der Waals surface area (Å²) in [6.45, 7) is 5.12. The van der Waals surface area contributed by atoms with Crippen LogP contribution < -0.4 is 10.6 Å². The largest absolute Gasteiger partial charge is 0.378 e. The molecule has 1 aliphatic carbocycles. The Balaban J connectivity index is 0.00000392. The third-order valence-corrected chi connectivity index (χ3v) is 5.76. The standard InChI is InChI=1S/C20H33N3O3S.HI/c1-3-21-20(22-14-6-16-26-18-7-4-5-8-18)23-15-13-17-9-11-19(12-10-17)27(2,24)25;/h9-12,18H,3-8,13-16H2,1-2H3,(H2,21,22,23);1H. The van der Waals surface area contributed by atoms with E-state index in [4.69, 9.17) is 4.74 Å². The highest BCUT2D eigenvalue weighted by atomic mass is 127. The van der Waals surface area contributed by atoms with Gasteiger partial charge in [-0.1, -0.05) is 25.0 Å². The molecule has 2 rings (SSSR count). The molecule has 0 bridgehead atoms. The van der Waals surface area contributed by atoms with Gasteiger partial charge in [-0.3, -0.25) is 4.99 Å². The first-order chi connectivity index (χ1) is 13.0. The first kappa shape index (κ1) is 25.2. The molecule has 0 saturated heterocycles. The molecular weight excluding hydrogens is 489 g/mol. The van der Waals surface area contributed by atoms with Crippen molar-refractivity contribution in [2.45, 2.75) is 56.4 Å². The second-order valence-corrected chi connectivity index (χ2v) is 9.00. The third-order valence-electron chi connectivity index (χ3n) is 4.63. The van der Waals surface area contributed by atoms with Crippen molar-refractivity contribution in [2.24, 2.45) is 4.99 Å². The number of aliphatic imine (C=N–C) groups is 1. The van der Waals surface area contributed by atoms with Crippen LogP contribution in [0.5, 0.6) is 0 Å². The Bertz CT molecular complexity index is 687. The molecule has 160 valence electrons. The molecule has 28 heavy (non-hydrogen) atoms. The Morgan fingerprint density at radius 1 is 1.18 bits per heavy atom. The summed E-state index contributed by atoms with van der Waals surface area (Å²) >= 11 is 0. The summed E-state index contributed by atoms with van der Waals surface area (Å²) in [4.78, 5) is 4.95. The Kier molecular flexibility index (Phi) is 12.0. The van der Waals surface area contributed by atoms with Gasteiger partial charge in [-0.2, -0.15) is 0 Å². The van der Waals surface area contributed by atoms with Gasteiger partial charge < -0.3 is 15.4 Å². The van der Waals surface area contributed by atoms with Crippen LogP contribution in [-0.2, 0) is 21.0 Å². The molecule has 1 fully saturated rings. The Morgan fingerprint density at radius 3 is 2.46 bits per heavy atom. The highest BCUT2D eigenvalue weighted by Crippen LogP contribution is 2.20. The summed E-state index contributed by atoms with van der Waals surface area (Å²) in [5.74, 6) is 0.811. The summed E-state index contributed by atoms with van der Waals surface area (Å²) in [7, 11) is -3.14. The molecule has 1 aliphatic rings. The van der Waals surface area contributed by atoms with E-state index >= 15 is 0 Å². The molecule has 1 aromatic rings. The van der Waals surface area contributed by atoms with Gasteiger partial charge in [-0.25, -0.2) is 8.42 Å². The van der Waals surface area contributed by atoms with E-state index < -0.39 is 9.84 Å². The van der Waals surface area contributed by atoms with Crippen LogP contribution in [0.2, 0.25) is 0 Å². The molecule has 0 atom stereocenters. The van der Waals surface area contributed by atoms with Crippen LogP contribution in [0.15, 0.2) is 34.2 Å². The molecule has 0 aliphatic heterocycles. The second kappa shape index (κ2) is 13.4. The lowest BCUT2D eigenvalue weighted by molar-refractivity contribution is 0.0579. The van der Waals surface area contributed by atoms with Crippen LogP contribution in [-0.4, -0.2) is 53.0 Å². The van der Waals surface area contributed by atoms with Crippen molar-refractivity contribution < 1.29 is 13.2 Å². The van der Waals surface area contributed by atoms with Gasteiger partial charge in [0.1, 0.15) is 0 Å². The highest BCUT2D eigenvalue weighted by Gasteiger charge is 2.14. The number of nitrogens with zero attached hydrogens (tertiary/aromatic N) is 1. The number of guanidine groups is 1. The molecule has 0 aromatic heterocycles. The summed E-state index contributed by atoms with van der Waals surface area (Å²) in [5, 5.41) is 6.57. The van der Waals surface area contributed by atoms with Crippen molar-refractivity contribution in [3.63, 3.8) is 0 Å². The Labute approximate surface area is 186 Å². The second-order valence-electron chi connectivity index (χ2n) is 6.98. The maximum atomic E-state index is 11.5. The van der Waals surface area contributed by atoms with Gasteiger partial charge in [-0.15, -0.1) is 24.0 Å². The van der Waals surface area contributed by atoms with E-state index in [0.29, 0.717) is 11.0 Å². The van der Waals surface area contributed by atoms with E-state index in [2.05, 4.69) is 15.6 Å². The van der Waals surface area contributed by atoms with Crippen molar-refractivity contribution >= 4 is 39.8 Å². The predicted octanol–water partition coefficient (Wildman–Crippen LogP) is 3.16. The van der Waals surface area contributed by atoms with Crippen molar-refractivity contribution in [1.82, 2.24) is 10.6 Å². The van der Waals surface area contributed by atoms with Crippen LogP contribution in [0.4, 0.5) is 0 Å². The van der Waals surface area contributed by atoms with Crippen molar-refractivity contribution in [1.29, 1.82) is 0 Å². The number of sulfone groups is 1. The monoisotopic (exact) mass is 523 g/mol. The van der Waals surface area contributed by atoms with Crippen molar-refractivity contribution in [3.8, 4) is 0 Å². The van der Waals surface area contributed by atoms with Gasteiger partial charge in [0.25, 0.3) is 0 Å². The fourth-order valence-corrected chi connectivity index (χ4v) is 3.76. The third kappa shape index (κ3) is 9.56. The van der Waals surface area contributed by atoms with Gasteiger partial charge in [0.15, 0.2) is 15.8 Å². The summed E-state index contributed by atoms with van der Waals surface area (Å²) in [6, 6.07) is 7.05. The molecular formula is C20H34IN3O3S. The van der Waals surface area contributed by atoms with E-state index in [0.717, 1.165) is 50.6 Å². The zero-order valence-electron chi connectivity index (χ0n) is 16.9. The summed E-state index contributed by atoms with van der Waals surface area (Å²) in [5.41, 5.74) is 1.09. The molecule has 0 amide bonds. The number of hydrogen-bond acceptors (Lipinski definition) is 4. The average Bonchev–Trinajstić information content (AvgIpc) is 3.14. The Morgan fingerprint density at radius 2 is 1.86 bits per heavy atom. The van der Waals surface area contributed by atoms with E-state index in [1.807, 2.05) is 19.1 Å². The molecule has 0 spiro atoms. The van der Waals surface area contributed by atoms with E-state index in [9.17, 15) is 8.42 Å². The molecule has 1 aromatic carbocycles. The smallest absolute Gasteiger partial charge is 0.191 e. The summed E-state index contributed by atoms with van der Waals surface area (Å²) in [6.07, 6.45) is 8.44. The lowest BCUT2D eigenvalue weighted by Crippen LogP contribution is -2.38. The molecule has 2 N–H and O–H groups in total. The van der Waals surface area contributed by atoms with Crippen molar-refractivity contribution in [3.05, 3.63) is 29.8 Å². The predicted molar refractivity (Wildman–Crippen MR) is 125 cm³/mol. The number of ether oxygens (including phenoxy) is 1. The molecule has 0 unspecified atom stereocenters. The maximum absolute atomic E-state index is 11.5. The normalized spacial score (nSPS) is 15.3. The lowest BCUT2D eigenvalue weighted by atomic mass is 10.1. The SMILES string of the molecule is CCNC(=NCCCOC1CCCC1)NCCc1ccc(S(C)(=O)=O)cc1.I. The first-order valence-corrected chi connectivity index (χ1v) is 11.8. The van der Waals surface area contributed by atoms with Gasteiger partial charge in [-0.05, 0) is 50.3 Å². The number of halogens is 1. The zero-order valence-corrected chi connectivity index (χ0v) is 20.1. The minimum Gasteiger partial charge on any atom is -0.378 e. The number of benzene rings is 1. The molecule has 6 nitrogen and oxygen atoms in total. The minimum atomic E-state index is -3.14. The Hall–Kier alpha value is -0.870.